The van der Waals surface area contributed by atoms with Crippen molar-refractivity contribution in [1.82, 2.24) is 4.90 Å². The van der Waals surface area contributed by atoms with Crippen LogP contribution in [0.3, 0.4) is 0 Å². The van der Waals surface area contributed by atoms with Crippen LogP contribution in [-0.2, 0) is 6.54 Å². The third kappa shape index (κ3) is 3.22. The number of hydrogen-bond acceptors (Lipinski definition) is 3. The standard InChI is InChI=1S/C11H16N2O3/c12-6-10(8-14)13(11(15)16)7-9-4-2-1-3-5-9/h1-5,10,14H,6-8,12H2,(H,15,16)/t10-/m1/s1. The van der Waals surface area contributed by atoms with Crippen LogP contribution in [0, 0.1) is 0 Å². The van der Waals surface area contributed by atoms with E-state index in [-0.39, 0.29) is 19.7 Å². The van der Waals surface area contributed by atoms with Crippen molar-refractivity contribution >= 4 is 6.09 Å². The first-order chi connectivity index (χ1) is 7.69. The number of aliphatic hydroxyl groups excluding tert-OH is 1. The third-order valence-electron chi connectivity index (χ3n) is 2.37. The quantitative estimate of drug-likeness (QED) is 0.679. The van der Waals surface area contributed by atoms with Crippen molar-refractivity contribution in [3.63, 3.8) is 0 Å². The van der Waals surface area contributed by atoms with Gasteiger partial charge in [-0.1, -0.05) is 30.3 Å². The summed E-state index contributed by atoms with van der Waals surface area (Å²) in [4.78, 5) is 12.2. The molecule has 1 aromatic rings. The molecular weight excluding hydrogens is 208 g/mol. The molecule has 0 radical (unpaired) electrons. The highest BCUT2D eigenvalue weighted by Crippen LogP contribution is 2.08. The molecule has 0 aliphatic rings. The van der Waals surface area contributed by atoms with Gasteiger partial charge in [0.2, 0.25) is 0 Å². The van der Waals surface area contributed by atoms with E-state index in [2.05, 4.69) is 0 Å². The van der Waals surface area contributed by atoms with Crippen LogP contribution >= 0.6 is 0 Å². The predicted molar refractivity (Wildman–Crippen MR) is 59.9 cm³/mol. The summed E-state index contributed by atoms with van der Waals surface area (Å²) in [5.41, 5.74) is 6.28. The second-order valence-corrected chi connectivity index (χ2v) is 3.47. The van der Waals surface area contributed by atoms with Crippen LogP contribution in [0.1, 0.15) is 5.56 Å². The minimum atomic E-state index is -1.08. The van der Waals surface area contributed by atoms with E-state index in [1.165, 1.54) is 0 Å². The first kappa shape index (κ1) is 12.5. The normalized spacial score (nSPS) is 12.1. The van der Waals surface area contributed by atoms with Gasteiger partial charge in [-0.2, -0.15) is 0 Å². The molecule has 5 nitrogen and oxygen atoms in total. The third-order valence-corrected chi connectivity index (χ3v) is 2.37. The summed E-state index contributed by atoms with van der Waals surface area (Å²) in [7, 11) is 0. The van der Waals surface area contributed by atoms with Gasteiger partial charge < -0.3 is 15.9 Å². The first-order valence-corrected chi connectivity index (χ1v) is 5.03. The van der Waals surface area contributed by atoms with Gasteiger partial charge in [-0.05, 0) is 5.56 Å². The highest BCUT2D eigenvalue weighted by molar-refractivity contribution is 5.65. The van der Waals surface area contributed by atoms with Gasteiger partial charge in [0, 0.05) is 13.1 Å². The Bertz CT molecular complexity index is 325. The maximum absolute atomic E-state index is 11.0. The number of rotatable bonds is 5. The molecule has 1 amide bonds. The number of nitrogens with zero attached hydrogens (tertiary/aromatic N) is 1. The molecule has 1 atom stereocenters. The Labute approximate surface area is 94.1 Å². The molecule has 0 aromatic heterocycles. The van der Waals surface area contributed by atoms with Crippen LogP contribution in [0.4, 0.5) is 4.79 Å². The molecule has 88 valence electrons. The van der Waals surface area contributed by atoms with E-state index >= 15 is 0 Å². The fourth-order valence-corrected chi connectivity index (χ4v) is 1.43. The minimum absolute atomic E-state index is 0.107. The van der Waals surface area contributed by atoms with Crippen molar-refractivity contribution in [2.45, 2.75) is 12.6 Å². The Hall–Kier alpha value is -1.59. The molecule has 0 saturated carbocycles. The first-order valence-electron chi connectivity index (χ1n) is 5.03. The van der Waals surface area contributed by atoms with Crippen molar-refractivity contribution in [3.05, 3.63) is 35.9 Å². The Morgan fingerprint density at radius 3 is 2.44 bits per heavy atom. The molecule has 1 aromatic carbocycles. The molecule has 0 bridgehead atoms. The minimum Gasteiger partial charge on any atom is -0.465 e. The van der Waals surface area contributed by atoms with Crippen LogP contribution < -0.4 is 5.73 Å². The van der Waals surface area contributed by atoms with Gasteiger partial charge in [-0.15, -0.1) is 0 Å². The summed E-state index contributed by atoms with van der Waals surface area (Å²) in [6.07, 6.45) is -1.08. The van der Waals surface area contributed by atoms with Crippen molar-refractivity contribution < 1.29 is 15.0 Å². The van der Waals surface area contributed by atoms with Gasteiger partial charge in [-0.25, -0.2) is 4.79 Å². The van der Waals surface area contributed by atoms with E-state index in [4.69, 9.17) is 15.9 Å². The summed E-state index contributed by atoms with van der Waals surface area (Å²) in [5.74, 6) is 0. The molecule has 0 spiro atoms. The molecule has 0 heterocycles. The number of amides is 1. The van der Waals surface area contributed by atoms with Gasteiger partial charge in [0.25, 0.3) is 0 Å². The van der Waals surface area contributed by atoms with Gasteiger partial charge in [0.05, 0.1) is 12.6 Å². The summed E-state index contributed by atoms with van der Waals surface area (Å²) in [5, 5.41) is 18.1. The van der Waals surface area contributed by atoms with Crippen molar-refractivity contribution in [2.75, 3.05) is 13.2 Å². The largest absolute Gasteiger partial charge is 0.465 e. The van der Waals surface area contributed by atoms with Crippen LogP contribution in [0.15, 0.2) is 30.3 Å². The fraction of sp³-hybridized carbons (Fsp3) is 0.364. The second kappa shape index (κ2) is 6.09. The van der Waals surface area contributed by atoms with E-state index < -0.39 is 12.1 Å². The topological polar surface area (TPSA) is 86.8 Å². The highest BCUT2D eigenvalue weighted by Gasteiger charge is 2.21. The highest BCUT2D eigenvalue weighted by atomic mass is 16.4. The smallest absolute Gasteiger partial charge is 0.407 e. The molecule has 0 aliphatic carbocycles. The van der Waals surface area contributed by atoms with E-state index in [9.17, 15) is 4.79 Å². The predicted octanol–water partition coefficient (Wildman–Crippen LogP) is 0.486. The lowest BCUT2D eigenvalue weighted by atomic mass is 10.2. The average Bonchev–Trinajstić information content (AvgIpc) is 2.30. The van der Waals surface area contributed by atoms with Crippen molar-refractivity contribution in [3.8, 4) is 0 Å². The van der Waals surface area contributed by atoms with Gasteiger partial charge >= 0.3 is 6.09 Å². The molecule has 0 unspecified atom stereocenters. The van der Waals surface area contributed by atoms with Crippen LogP contribution in [0.25, 0.3) is 0 Å². The lowest BCUT2D eigenvalue weighted by molar-refractivity contribution is 0.0961. The summed E-state index contributed by atoms with van der Waals surface area (Å²) in [6.45, 7) is 0.0733. The van der Waals surface area contributed by atoms with E-state index in [0.29, 0.717) is 0 Å². The van der Waals surface area contributed by atoms with Gasteiger partial charge in [0.15, 0.2) is 0 Å². The Balaban J connectivity index is 2.76. The number of carboxylic acid groups (broad SMARTS) is 1. The van der Waals surface area contributed by atoms with Gasteiger partial charge in [-0.3, -0.25) is 4.90 Å². The summed E-state index contributed by atoms with van der Waals surface area (Å²) in [6, 6.07) is 8.65. The number of carbonyl (C=O) groups is 1. The molecule has 0 fully saturated rings. The summed E-state index contributed by atoms with van der Waals surface area (Å²) < 4.78 is 0. The lowest BCUT2D eigenvalue weighted by Crippen LogP contribution is -2.45. The molecule has 5 heteroatoms. The monoisotopic (exact) mass is 224 g/mol. The second-order valence-electron chi connectivity index (χ2n) is 3.47. The van der Waals surface area contributed by atoms with Crippen molar-refractivity contribution in [2.24, 2.45) is 5.73 Å². The number of aliphatic hydroxyl groups is 1. The van der Waals surface area contributed by atoms with Crippen LogP contribution in [0.2, 0.25) is 0 Å². The number of benzene rings is 1. The Kier molecular flexibility index (Phi) is 4.75. The Morgan fingerprint density at radius 1 is 1.38 bits per heavy atom. The zero-order chi connectivity index (χ0) is 12.0. The SMILES string of the molecule is NC[C@H](CO)N(Cc1ccccc1)C(=O)O. The zero-order valence-corrected chi connectivity index (χ0v) is 8.91. The molecule has 0 saturated heterocycles. The zero-order valence-electron chi connectivity index (χ0n) is 8.91. The average molecular weight is 224 g/mol. The maximum Gasteiger partial charge on any atom is 0.407 e. The number of hydrogen-bond donors (Lipinski definition) is 3. The molecule has 4 N–H and O–H groups in total. The molecular formula is C11H16N2O3. The maximum atomic E-state index is 11.0. The van der Waals surface area contributed by atoms with E-state index in [1.807, 2.05) is 30.3 Å². The van der Waals surface area contributed by atoms with Crippen LogP contribution in [0.5, 0.6) is 0 Å². The van der Waals surface area contributed by atoms with Gasteiger partial charge in [0.1, 0.15) is 0 Å². The van der Waals surface area contributed by atoms with Crippen molar-refractivity contribution in [1.29, 1.82) is 0 Å². The Morgan fingerprint density at radius 2 is 2.00 bits per heavy atom. The lowest BCUT2D eigenvalue weighted by Gasteiger charge is -2.26. The van der Waals surface area contributed by atoms with Crippen LogP contribution in [-0.4, -0.2) is 40.4 Å². The molecule has 16 heavy (non-hydrogen) atoms. The molecule has 0 aliphatic heterocycles. The summed E-state index contributed by atoms with van der Waals surface area (Å²) >= 11 is 0. The fourth-order valence-electron chi connectivity index (χ4n) is 1.43. The number of nitrogens with two attached hydrogens (primary N) is 1. The van der Waals surface area contributed by atoms with E-state index in [0.717, 1.165) is 10.5 Å². The van der Waals surface area contributed by atoms with E-state index in [1.54, 1.807) is 0 Å². The molecule has 1 rings (SSSR count).